The van der Waals surface area contributed by atoms with E-state index in [-0.39, 0.29) is 23.9 Å². The van der Waals surface area contributed by atoms with Crippen molar-refractivity contribution in [3.05, 3.63) is 52.0 Å². The Hall–Kier alpha value is -2.47. The number of carbonyl (C=O) groups excluding carboxylic acids is 1. The lowest BCUT2D eigenvalue weighted by molar-refractivity contribution is -0.135. The average molecular weight is 433 g/mol. The molecule has 6 nitrogen and oxygen atoms in total. The molecule has 1 amide bonds. The maximum atomic E-state index is 13.7. The van der Waals surface area contributed by atoms with Crippen molar-refractivity contribution < 1.29 is 4.79 Å². The lowest BCUT2D eigenvalue weighted by atomic mass is 9.68. The molecule has 4 atom stereocenters. The number of aromatic nitrogens is 2. The number of fused-ring (bicyclic) bond motifs is 7. The summed E-state index contributed by atoms with van der Waals surface area (Å²) in [7, 11) is 1.67. The number of likely N-dealkylation sites (tertiary alicyclic amines) is 1. The van der Waals surface area contributed by atoms with Gasteiger partial charge in [-0.2, -0.15) is 5.10 Å². The smallest absolute Gasteiger partial charge is 0.274 e. The maximum Gasteiger partial charge on any atom is 0.274 e. The number of carbonyl (C=O) groups is 1. The minimum atomic E-state index is -0.114. The van der Waals surface area contributed by atoms with Crippen LogP contribution in [0, 0.1) is 11.8 Å². The predicted molar refractivity (Wildman–Crippen MR) is 124 cm³/mol. The van der Waals surface area contributed by atoms with E-state index in [0.29, 0.717) is 22.9 Å². The summed E-state index contributed by atoms with van der Waals surface area (Å²) in [5.41, 5.74) is 2.10. The zero-order valence-electron chi connectivity index (χ0n) is 18.9. The largest absolute Gasteiger partial charge is 0.335 e. The lowest BCUT2D eigenvalue weighted by Gasteiger charge is -2.54. The summed E-state index contributed by atoms with van der Waals surface area (Å²) in [6.07, 6.45) is 10.2. The molecule has 4 heterocycles. The molecule has 2 aromatic rings. The van der Waals surface area contributed by atoms with Crippen molar-refractivity contribution in [2.45, 2.75) is 57.0 Å². The molecule has 1 aromatic heterocycles. The van der Waals surface area contributed by atoms with Crippen LogP contribution in [0.15, 0.2) is 40.7 Å². The molecule has 3 fully saturated rings. The second-order valence-corrected chi connectivity index (χ2v) is 10.2. The molecule has 3 saturated heterocycles. The number of rotatable bonds is 2. The first-order chi connectivity index (χ1) is 15.6. The molecular formula is C26H32N4O2. The minimum Gasteiger partial charge on any atom is -0.335 e. The second kappa shape index (κ2) is 7.84. The van der Waals surface area contributed by atoms with Crippen molar-refractivity contribution in [2.24, 2.45) is 18.9 Å². The van der Waals surface area contributed by atoms with E-state index >= 15 is 0 Å². The van der Waals surface area contributed by atoms with E-state index in [1.165, 1.54) is 42.5 Å². The van der Waals surface area contributed by atoms with Gasteiger partial charge in [0.25, 0.3) is 5.56 Å². The summed E-state index contributed by atoms with van der Waals surface area (Å²) in [5, 5.41) is 5.93. The number of hydrogen-bond acceptors (Lipinski definition) is 4. The van der Waals surface area contributed by atoms with Gasteiger partial charge in [0, 0.05) is 31.6 Å². The van der Waals surface area contributed by atoms with Gasteiger partial charge in [0.2, 0.25) is 5.91 Å². The van der Waals surface area contributed by atoms with Gasteiger partial charge in [0.15, 0.2) is 0 Å². The van der Waals surface area contributed by atoms with Gasteiger partial charge in [-0.1, -0.05) is 36.3 Å². The Bertz CT molecular complexity index is 1150. The number of aryl methyl sites for hydroxylation is 1. The van der Waals surface area contributed by atoms with Crippen LogP contribution in [0.3, 0.4) is 0 Å². The zero-order chi connectivity index (χ0) is 21.8. The van der Waals surface area contributed by atoms with E-state index < -0.39 is 0 Å². The van der Waals surface area contributed by atoms with Gasteiger partial charge in [-0.15, -0.1) is 0 Å². The average Bonchev–Trinajstić information content (AvgIpc) is 2.82. The Morgan fingerprint density at radius 3 is 2.84 bits per heavy atom. The van der Waals surface area contributed by atoms with Gasteiger partial charge in [0.05, 0.1) is 23.5 Å². The fourth-order valence-electron chi connectivity index (χ4n) is 7.00. The Morgan fingerprint density at radius 1 is 1.12 bits per heavy atom. The third-order valence-electron chi connectivity index (χ3n) is 8.33. The molecule has 0 N–H and O–H groups in total. The first kappa shape index (κ1) is 20.2. The zero-order valence-corrected chi connectivity index (χ0v) is 18.9. The monoisotopic (exact) mass is 432 g/mol. The van der Waals surface area contributed by atoms with Crippen LogP contribution < -0.4 is 5.56 Å². The number of benzene rings is 1. The van der Waals surface area contributed by atoms with Gasteiger partial charge in [-0.25, -0.2) is 4.68 Å². The molecule has 0 spiro atoms. The van der Waals surface area contributed by atoms with Crippen molar-refractivity contribution in [3.63, 3.8) is 0 Å². The Balaban J connectivity index is 1.31. The van der Waals surface area contributed by atoms with Crippen LogP contribution in [0.2, 0.25) is 0 Å². The molecule has 6 heteroatoms. The van der Waals surface area contributed by atoms with Crippen LogP contribution in [0.25, 0.3) is 10.8 Å². The minimum absolute atomic E-state index is 0.114. The Morgan fingerprint density at radius 2 is 1.97 bits per heavy atom. The summed E-state index contributed by atoms with van der Waals surface area (Å²) in [6.45, 7) is 3.18. The van der Waals surface area contributed by atoms with E-state index in [9.17, 15) is 9.59 Å². The molecule has 0 radical (unpaired) electrons. The molecule has 1 aromatic carbocycles. The van der Waals surface area contributed by atoms with Crippen LogP contribution in [0.5, 0.6) is 0 Å². The van der Waals surface area contributed by atoms with E-state index in [1.807, 2.05) is 24.3 Å². The highest BCUT2D eigenvalue weighted by molar-refractivity contribution is 5.88. The van der Waals surface area contributed by atoms with Gasteiger partial charge < -0.3 is 4.90 Å². The fourth-order valence-corrected chi connectivity index (χ4v) is 7.00. The number of piperidine rings is 3. The quantitative estimate of drug-likeness (QED) is 0.685. The summed E-state index contributed by atoms with van der Waals surface area (Å²) in [5.74, 6) is 1.36. The van der Waals surface area contributed by atoms with Gasteiger partial charge in [-0.3, -0.25) is 14.5 Å². The van der Waals surface area contributed by atoms with Crippen molar-refractivity contribution in [1.29, 1.82) is 0 Å². The highest BCUT2D eigenvalue weighted by atomic mass is 16.2. The van der Waals surface area contributed by atoms with Crippen LogP contribution in [0.4, 0.5) is 0 Å². The first-order valence-electron chi connectivity index (χ1n) is 12.3. The summed E-state index contributed by atoms with van der Waals surface area (Å²) in [6, 6.07) is 8.49. The van der Waals surface area contributed by atoms with E-state index in [4.69, 9.17) is 0 Å². The number of amides is 1. The first-order valence-corrected chi connectivity index (χ1v) is 12.3. The van der Waals surface area contributed by atoms with Crippen molar-refractivity contribution in [3.8, 4) is 0 Å². The van der Waals surface area contributed by atoms with E-state index in [2.05, 4.69) is 21.0 Å². The Labute approximate surface area is 188 Å². The van der Waals surface area contributed by atoms with Gasteiger partial charge in [0.1, 0.15) is 0 Å². The normalized spacial score (nSPS) is 29.9. The molecule has 1 aliphatic carbocycles. The fraction of sp³-hybridized carbons (Fsp3) is 0.577. The second-order valence-electron chi connectivity index (χ2n) is 10.2. The standard InChI is InChI=1S/C26H32N4O2/c1-28-26(32)21-9-3-2-8-20(21)22(27-28)15-24(31)30-12-6-7-17-13-18-14-19(25(17)30)16-29-11-5-4-10-23(18)29/h2-3,8-9,13,18-19,23,25H,4-7,10-12,14-16H2,1H3/t18-,19?,23?,25?/m0/s1. The molecule has 168 valence electrons. The van der Waals surface area contributed by atoms with E-state index in [0.717, 1.165) is 37.4 Å². The van der Waals surface area contributed by atoms with Crippen molar-refractivity contribution in [1.82, 2.24) is 19.6 Å². The number of hydrogen-bond donors (Lipinski definition) is 0. The van der Waals surface area contributed by atoms with Gasteiger partial charge in [-0.05, 0) is 56.6 Å². The van der Waals surface area contributed by atoms with Crippen LogP contribution in [0.1, 0.15) is 44.2 Å². The van der Waals surface area contributed by atoms with E-state index in [1.54, 1.807) is 7.05 Å². The summed E-state index contributed by atoms with van der Waals surface area (Å²) < 4.78 is 1.37. The predicted octanol–water partition coefficient (Wildman–Crippen LogP) is 2.90. The highest BCUT2D eigenvalue weighted by Crippen LogP contribution is 2.45. The topological polar surface area (TPSA) is 58.4 Å². The summed E-state index contributed by atoms with van der Waals surface area (Å²) in [4.78, 5) is 31.0. The molecule has 6 rings (SSSR count). The number of nitrogens with zero attached hydrogens (tertiary/aromatic N) is 4. The molecular weight excluding hydrogens is 400 g/mol. The lowest BCUT2D eigenvalue weighted by Crippen LogP contribution is -2.60. The summed E-state index contributed by atoms with van der Waals surface area (Å²) >= 11 is 0. The molecule has 2 bridgehead atoms. The molecule has 4 aliphatic rings. The van der Waals surface area contributed by atoms with Gasteiger partial charge >= 0.3 is 0 Å². The van der Waals surface area contributed by atoms with Crippen LogP contribution in [-0.4, -0.2) is 57.2 Å². The highest BCUT2D eigenvalue weighted by Gasteiger charge is 2.46. The third-order valence-corrected chi connectivity index (χ3v) is 8.33. The Kier molecular flexibility index (Phi) is 4.94. The molecule has 0 saturated carbocycles. The van der Waals surface area contributed by atoms with Crippen molar-refractivity contribution >= 4 is 16.7 Å². The van der Waals surface area contributed by atoms with Crippen molar-refractivity contribution in [2.75, 3.05) is 19.6 Å². The van der Waals surface area contributed by atoms with Crippen LogP contribution >= 0.6 is 0 Å². The molecule has 32 heavy (non-hydrogen) atoms. The van der Waals surface area contributed by atoms with Crippen LogP contribution in [-0.2, 0) is 18.3 Å². The third kappa shape index (κ3) is 3.22. The molecule has 3 aliphatic heterocycles. The molecule has 3 unspecified atom stereocenters. The SMILES string of the molecule is Cn1nc(CC(=O)N2CCCC3=C[C@H]4CC(CN5CCCCC45)C32)c2ccccc2c1=O. The maximum absolute atomic E-state index is 13.7.